The second-order valence-corrected chi connectivity index (χ2v) is 6.40. The first-order valence-electron chi connectivity index (χ1n) is 8.48. The van der Waals surface area contributed by atoms with E-state index in [0.29, 0.717) is 13.2 Å². The van der Waals surface area contributed by atoms with Gasteiger partial charge in [-0.05, 0) is 38.3 Å². The zero-order valence-electron chi connectivity index (χ0n) is 14.2. The summed E-state index contributed by atoms with van der Waals surface area (Å²) in [6.45, 7) is 5.04. The fraction of sp³-hybridized carbons (Fsp3) is 0.556. The van der Waals surface area contributed by atoms with Crippen LogP contribution >= 0.6 is 0 Å². The third-order valence-electron chi connectivity index (χ3n) is 4.65. The van der Waals surface area contributed by atoms with Crippen molar-refractivity contribution in [1.82, 2.24) is 4.90 Å². The van der Waals surface area contributed by atoms with Crippen LogP contribution in [0.3, 0.4) is 0 Å². The largest absolute Gasteiger partial charge is 0.376 e. The summed E-state index contributed by atoms with van der Waals surface area (Å²) in [5.74, 6) is -0.355. The molecule has 2 amide bonds. The van der Waals surface area contributed by atoms with Gasteiger partial charge in [0.25, 0.3) is 5.91 Å². The number of carbonyl (C=O) groups excluding carboxylic acids is 2. The molecule has 1 N–H and O–H groups in total. The van der Waals surface area contributed by atoms with E-state index in [1.807, 2.05) is 24.3 Å². The minimum atomic E-state index is -0.602. The van der Waals surface area contributed by atoms with Gasteiger partial charge in [-0.25, -0.2) is 0 Å². The van der Waals surface area contributed by atoms with E-state index in [-0.39, 0.29) is 17.9 Å². The molecule has 2 aliphatic rings. The van der Waals surface area contributed by atoms with Gasteiger partial charge < -0.3 is 19.7 Å². The fourth-order valence-corrected chi connectivity index (χ4v) is 3.08. The highest BCUT2D eigenvalue weighted by atomic mass is 16.5. The molecule has 0 spiro atoms. The SMILES string of the molecule is CC(OCC1CCCO1)C(=O)N1Cc2ccccc2NC(=O)C1C. The minimum absolute atomic E-state index is 0.0748. The molecule has 6 heteroatoms. The van der Waals surface area contributed by atoms with Gasteiger partial charge in [-0.3, -0.25) is 9.59 Å². The van der Waals surface area contributed by atoms with Crippen LogP contribution in [0.4, 0.5) is 5.69 Å². The summed E-state index contributed by atoms with van der Waals surface area (Å²) < 4.78 is 11.2. The number of hydrogen-bond donors (Lipinski definition) is 1. The molecule has 0 bridgehead atoms. The maximum atomic E-state index is 12.8. The zero-order valence-corrected chi connectivity index (χ0v) is 14.2. The Labute approximate surface area is 142 Å². The minimum Gasteiger partial charge on any atom is -0.376 e. The number of ether oxygens (including phenoxy) is 2. The maximum Gasteiger partial charge on any atom is 0.252 e. The maximum absolute atomic E-state index is 12.8. The molecule has 1 saturated heterocycles. The molecule has 6 nitrogen and oxygen atoms in total. The van der Waals surface area contributed by atoms with Crippen LogP contribution < -0.4 is 5.32 Å². The van der Waals surface area contributed by atoms with Crippen molar-refractivity contribution in [3.63, 3.8) is 0 Å². The summed E-state index contributed by atoms with van der Waals surface area (Å²) in [5, 5.41) is 2.88. The normalized spacial score (nSPS) is 24.9. The molecule has 24 heavy (non-hydrogen) atoms. The van der Waals surface area contributed by atoms with Crippen molar-refractivity contribution < 1.29 is 19.1 Å². The lowest BCUT2D eigenvalue weighted by Crippen LogP contribution is -2.47. The molecule has 0 aromatic heterocycles. The number of amides is 2. The average Bonchev–Trinajstić information content (AvgIpc) is 3.07. The molecule has 1 aromatic rings. The molecule has 1 aromatic carbocycles. The fourth-order valence-electron chi connectivity index (χ4n) is 3.08. The van der Waals surface area contributed by atoms with Crippen LogP contribution in [0, 0.1) is 0 Å². The molecule has 1 fully saturated rings. The van der Waals surface area contributed by atoms with Gasteiger partial charge in [0.1, 0.15) is 12.1 Å². The van der Waals surface area contributed by atoms with Gasteiger partial charge in [0.05, 0.1) is 12.7 Å². The van der Waals surface area contributed by atoms with E-state index >= 15 is 0 Å². The second-order valence-electron chi connectivity index (χ2n) is 6.40. The highest BCUT2D eigenvalue weighted by molar-refractivity contribution is 5.99. The lowest BCUT2D eigenvalue weighted by atomic mass is 10.1. The van der Waals surface area contributed by atoms with Crippen molar-refractivity contribution in [1.29, 1.82) is 0 Å². The highest BCUT2D eigenvalue weighted by Crippen LogP contribution is 2.24. The van der Waals surface area contributed by atoms with E-state index in [1.165, 1.54) is 0 Å². The van der Waals surface area contributed by atoms with Gasteiger partial charge in [-0.15, -0.1) is 0 Å². The summed E-state index contributed by atoms with van der Waals surface area (Å²) in [7, 11) is 0. The van der Waals surface area contributed by atoms with Gasteiger partial charge in [-0.2, -0.15) is 0 Å². The Balaban J connectivity index is 1.68. The molecule has 3 rings (SSSR count). The molecular formula is C18H24N2O4. The van der Waals surface area contributed by atoms with Gasteiger partial charge in [0, 0.05) is 18.8 Å². The molecule has 2 aliphatic heterocycles. The van der Waals surface area contributed by atoms with E-state index in [0.717, 1.165) is 30.7 Å². The summed E-state index contributed by atoms with van der Waals surface area (Å²) >= 11 is 0. The van der Waals surface area contributed by atoms with E-state index < -0.39 is 12.1 Å². The number of hydrogen-bond acceptors (Lipinski definition) is 4. The Hall–Kier alpha value is -1.92. The standard InChI is InChI=1S/C18H24N2O4/c1-12-17(21)19-16-8-4-3-6-14(16)10-20(12)18(22)13(2)24-11-15-7-5-9-23-15/h3-4,6,8,12-13,15H,5,7,9-11H2,1-2H3,(H,19,21). The average molecular weight is 332 g/mol. The number of carbonyl (C=O) groups is 2. The van der Waals surface area contributed by atoms with Crippen LogP contribution in [0.25, 0.3) is 0 Å². The van der Waals surface area contributed by atoms with Crippen molar-refractivity contribution in [3.8, 4) is 0 Å². The number of para-hydroxylation sites is 1. The molecule has 3 atom stereocenters. The van der Waals surface area contributed by atoms with E-state index in [2.05, 4.69) is 5.32 Å². The molecule has 2 heterocycles. The Bertz CT molecular complexity index is 613. The summed E-state index contributed by atoms with van der Waals surface area (Å²) in [6.07, 6.45) is 1.48. The van der Waals surface area contributed by atoms with Crippen LogP contribution in [0.15, 0.2) is 24.3 Å². The van der Waals surface area contributed by atoms with Crippen LogP contribution in [0.1, 0.15) is 32.3 Å². The lowest BCUT2D eigenvalue weighted by molar-refractivity contribution is -0.149. The predicted octanol–water partition coefficient (Wildman–Crippen LogP) is 1.94. The first-order chi connectivity index (χ1) is 11.6. The zero-order chi connectivity index (χ0) is 17.1. The van der Waals surface area contributed by atoms with Crippen molar-refractivity contribution in [3.05, 3.63) is 29.8 Å². The number of rotatable bonds is 4. The topological polar surface area (TPSA) is 67.9 Å². The third kappa shape index (κ3) is 3.60. The molecule has 0 radical (unpaired) electrons. The molecule has 3 unspecified atom stereocenters. The third-order valence-corrected chi connectivity index (χ3v) is 4.65. The second kappa shape index (κ2) is 7.32. The van der Waals surface area contributed by atoms with Crippen LogP contribution in [0.5, 0.6) is 0 Å². The number of fused-ring (bicyclic) bond motifs is 1. The Morgan fingerprint density at radius 2 is 2.25 bits per heavy atom. The van der Waals surface area contributed by atoms with Gasteiger partial charge in [0.15, 0.2) is 0 Å². The highest BCUT2D eigenvalue weighted by Gasteiger charge is 2.33. The van der Waals surface area contributed by atoms with Crippen LogP contribution in [0.2, 0.25) is 0 Å². The van der Waals surface area contributed by atoms with Gasteiger partial charge >= 0.3 is 0 Å². The number of anilines is 1. The first kappa shape index (κ1) is 16.9. The first-order valence-corrected chi connectivity index (χ1v) is 8.48. The van der Waals surface area contributed by atoms with Crippen LogP contribution in [-0.4, -0.2) is 48.2 Å². The van der Waals surface area contributed by atoms with Crippen LogP contribution in [-0.2, 0) is 25.6 Å². The molecule has 0 aliphatic carbocycles. The molecule has 0 saturated carbocycles. The smallest absolute Gasteiger partial charge is 0.252 e. The Kier molecular flexibility index (Phi) is 5.16. The van der Waals surface area contributed by atoms with Crippen molar-refractivity contribution >= 4 is 17.5 Å². The van der Waals surface area contributed by atoms with Crippen molar-refractivity contribution in [2.75, 3.05) is 18.5 Å². The summed E-state index contributed by atoms with van der Waals surface area (Å²) in [4.78, 5) is 26.7. The predicted molar refractivity (Wildman–Crippen MR) is 89.5 cm³/mol. The quantitative estimate of drug-likeness (QED) is 0.915. The van der Waals surface area contributed by atoms with E-state index in [9.17, 15) is 9.59 Å². The summed E-state index contributed by atoms with van der Waals surface area (Å²) in [5.41, 5.74) is 1.69. The lowest BCUT2D eigenvalue weighted by Gasteiger charge is -2.29. The van der Waals surface area contributed by atoms with E-state index in [1.54, 1.807) is 18.7 Å². The number of nitrogens with one attached hydrogen (secondary N) is 1. The van der Waals surface area contributed by atoms with Crippen molar-refractivity contribution in [2.45, 2.75) is 51.5 Å². The molecular weight excluding hydrogens is 308 g/mol. The number of nitrogens with zero attached hydrogens (tertiary/aromatic N) is 1. The van der Waals surface area contributed by atoms with E-state index in [4.69, 9.17) is 9.47 Å². The number of benzene rings is 1. The van der Waals surface area contributed by atoms with Gasteiger partial charge in [-0.1, -0.05) is 18.2 Å². The Morgan fingerprint density at radius 3 is 3.00 bits per heavy atom. The monoisotopic (exact) mass is 332 g/mol. The van der Waals surface area contributed by atoms with Gasteiger partial charge in [0.2, 0.25) is 5.91 Å². The summed E-state index contributed by atoms with van der Waals surface area (Å²) in [6, 6.07) is 7.01. The van der Waals surface area contributed by atoms with Crippen molar-refractivity contribution in [2.24, 2.45) is 0 Å². The Morgan fingerprint density at radius 1 is 1.46 bits per heavy atom. The molecule has 130 valence electrons.